The summed E-state index contributed by atoms with van der Waals surface area (Å²) in [7, 11) is 1.62. The van der Waals surface area contributed by atoms with Crippen LogP contribution in [-0.4, -0.2) is 43.7 Å². The number of carbonyl (C=O) groups is 1. The number of benzene rings is 2. The summed E-state index contributed by atoms with van der Waals surface area (Å²) in [6.45, 7) is 2.11. The molecule has 0 aliphatic carbocycles. The van der Waals surface area contributed by atoms with Crippen LogP contribution in [0.5, 0.6) is 5.75 Å². The Bertz CT molecular complexity index is 1240. The minimum atomic E-state index is -4.44. The SMILES string of the molecule is COc1ccccc1N1CCN2c3ccc(C(F)(F)F)cc3C[C@@H](C(=O)NCc3ccncc3)[C@H]2C1. The lowest BCUT2D eigenvalue weighted by atomic mass is 9.82. The molecule has 1 N–H and O–H groups in total. The van der Waals surface area contributed by atoms with Crippen molar-refractivity contribution in [2.45, 2.75) is 25.2 Å². The Labute approximate surface area is 207 Å². The van der Waals surface area contributed by atoms with E-state index in [-0.39, 0.29) is 18.4 Å². The summed E-state index contributed by atoms with van der Waals surface area (Å²) < 4.78 is 45.9. The highest BCUT2D eigenvalue weighted by molar-refractivity contribution is 5.82. The molecule has 3 aromatic rings. The van der Waals surface area contributed by atoms with Crippen LogP contribution in [0.2, 0.25) is 0 Å². The molecule has 0 spiro atoms. The Morgan fingerprint density at radius 3 is 2.61 bits per heavy atom. The van der Waals surface area contributed by atoms with Gasteiger partial charge in [-0.3, -0.25) is 9.78 Å². The number of nitrogens with one attached hydrogen (secondary N) is 1. The first-order valence-electron chi connectivity index (χ1n) is 11.9. The van der Waals surface area contributed by atoms with Crippen LogP contribution in [0.1, 0.15) is 16.7 Å². The van der Waals surface area contributed by atoms with Gasteiger partial charge in [-0.2, -0.15) is 13.2 Å². The number of rotatable bonds is 5. The minimum absolute atomic E-state index is 0.174. The van der Waals surface area contributed by atoms with Gasteiger partial charge < -0.3 is 19.9 Å². The van der Waals surface area contributed by atoms with Crippen molar-refractivity contribution in [1.82, 2.24) is 10.3 Å². The number of hydrogen-bond donors (Lipinski definition) is 1. The second-order valence-corrected chi connectivity index (χ2v) is 9.10. The van der Waals surface area contributed by atoms with E-state index in [2.05, 4.69) is 20.1 Å². The number of hydrogen-bond acceptors (Lipinski definition) is 5. The highest BCUT2D eigenvalue weighted by Crippen LogP contribution is 2.41. The lowest BCUT2D eigenvalue weighted by molar-refractivity contribution is -0.137. The Kier molecular flexibility index (Phi) is 6.47. The first kappa shape index (κ1) is 24.0. The van der Waals surface area contributed by atoms with Crippen molar-refractivity contribution >= 4 is 17.3 Å². The number of ether oxygens (including phenoxy) is 1. The first-order valence-corrected chi connectivity index (χ1v) is 11.9. The zero-order chi connectivity index (χ0) is 25.3. The van der Waals surface area contributed by atoms with Gasteiger partial charge in [-0.25, -0.2) is 0 Å². The number of piperazine rings is 1. The molecule has 2 aromatic carbocycles. The molecule has 1 aromatic heterocycles. The lowest BCUT2D eigenvalue weighted by Gasteiger charge is -2.49. The molecule has 36 heavy (non-hydrogen) atoms. The molecule has 1 saturated heterocycles. The third-order valence-electron chi connectivity index (χ3n) is 7.02. The Hall–Kier alpha value is -3.75. The maximum atomic E-state index is 13.5. The van der Waals surface area contributed by atoms with Crippen molar-refractivity contribution < 1.29 is 22.7 Å². The summed E-state index contributed by atoms with van der Waals surface area (Å²) in [6, 6.07) is 15.0. The summed E-state index contributed by atoms with van der Waals surface area (Å²) in [5, 5.41) is 3.00. The molecule has 5 rings (SSSR count). The Balaban J connectivity index is 1.46. The van der Waals surface area contributed by atoms with Crippen LogP contribution in [0.15, 0.2) is 67.0 Å². The average Bonchev–Trinajstić information content (AvgIpc) is 2.90. The molecule has 0 saturated carbocycles. The maximum absolute atomic E-state index is 13.5. The van der Waals surface area contributed by atoms with Crippen LogP contribution in [0.3, 0.4) is 0 Å². The highest BCUT2D eigenvalue weighted by Gasteiger charge is 2.43. The molecule has 3 heterocycles. The molecule has 6 nitrogen and oxygen atoms in total. The molecule has 0 radical (unpaired) electrons. The van der Waals surface area contributed by atoms with Gasteiger partial charge in [-0.15, -0.1) is 0 Å². The van der Waals surface area contributed by atoms with Gasteiger partial charge >= 0.3 is 6.18 Å². The fourth-order valence-electron chi connectivity index (χ4n) is 5.23. The van der Waals surface area contributed by atoms with Crippen LogP contribution in [0.25, 0.3) is 0 Å². The number of anilines is 2. The van der Waals surface area contributed by atoms with Gasteiger partial charge in [0.15, 0.2) is 0 Å². The number of pyridine rings is 1. The maximum Gasteiger partial charge on any atom is 0.416 e. The molecular weight excluding hydrogens is 469 g/mol. The van der Waals surface area contributed by atoms with E-state index in [1.807, 2.05) is 36.4 Å². The predicted octanol–water partition coefficient (Wildman–Crippen LogP) is 4.29. The van der Waals surface area contributed by atoms with Gasteiger partial charge in [0, 0.05) is 44.3 Å². The fraction of sp³-hybridized carbons (Fsp3) is 0.333. The third kappa shape index (κ3) is 4.69. The van der Waals surface area contributed by atoms with E-state index in [9.17, 15) is 18.0 Å². The third-order valence-corrected chi connectivity index (χ3v) is 7.02. The summed E-state index contributed by atoms with van der Waals surface area (Å²) >= 11 is 0. The molecule has 2 aliphatic heterocycles. The first-order chi connectivity index (χ1) is 17.3. The van der Waals surface area contributed by atoms with Crippen molar-refractivity contribution in [3.63, 3.8) is 0 Å². The zero-order valence-corrected chi connectivity index (χ0v) is 19.8. The zero-order valence-electron chi connectivity index (χ0n) is 19.8. The number of para-hydroxylation sites is 2. The number of amides is 1. The quantitative estimate of drug-likeness (QED) is 0.571. The molecule has 1 fully saturated rings. The average molecular weight is 497 g/mol. The number of alkyl halides is 3. The highest BCUT2D eigenvalue weighted by atomic mass is 19.4. The number of methoxy groups -OCH3 is 1. The van der Waals surface area contributed by atoms with Gasteiger partial charge in [0.1, 0.15) is 5.75 Å². The Morgan fingerprint density at radius 1 is 1.08 bits per heavy atom. The van der Waals surface area contributed by atoms with Gasteiger partial charge in [-0.05, 0) is 60.0 Å². The van der Waals surface area contributed by atoms with Crippen molar-refractivity contribution in [2.24, 2.45) is 5.92 Å². The van der Waals surface area contributed by atoms with Crippen LogP contribution >= 0.6 is 0 Å². The van der Waals surface area contributed by atoms with Crippen molar-refractivity contribution in [2.75, 3.05) is 36.5 Å². The standard InChI is InChI=1S/C27H27F3N4O2/c1-36-25-5-3-2-4-23(25)33-12-13-34-22-7-6-20(27(28,29)30)14-19(22)15-21(24(34)17-33)26(35)32-16-18-8-10-31-11-9-18/h2-11,14,21,24H,12-13,15-17H2,1H3,(H,32,35)/t21-,24-/m1/s1. The van der Waals surface area contributed by atoms with Crippen LogP contribution < -0.4 is 19.9 Å². The van der Waals surface area contributed by atoms with Gasteiger partial charge in [0.25, 0.3) is 0 Å². The van der Waals surface area contributed by atoms with E-state index < -0.39 is 17.7 Å². The summed E-state index contributed by atoms with van der Waals surface area (Å²) in [4.78, 5) is 21.8. The molecule has 0 bridgehead atoms. The van der Waals surface area contributed by atoms with Crippen molar-refractivity contribution in [3.8, 4) is 5.75 Å². The van der Waals surface area contributed by atoms with E-state index in [0.29, 0.717) is 31.7 Å². The molecule has 188 valence electrons. The van der Waals surface area contributed by atoms with Gasteiger partial charge in [0.2, 0.25) is 5.91 Å². The number of nitrogens with zero attached hydrogens (tertiary/aromatic N) is 3. The summed E-state index contributed by atoms with van der Waals surface area (Å²) in [5.41, 5.74) is 2.48. The molecule has 2 atom stereocenters. The van der Waals surface area contributed by atoms with E-state index in [4.69, 9.17) is 4.74 Å². The van der Waals surface area contributed by atoms with E-state index >= 15 is 0 Å². The number of aromatic nitrogens is 1. The van der Waals surface area contributed by atoms with Crippen molar-refractivity contribution in [1.29, 1.82) is 0 Å². The topological polar surface area (TPSA) is 57.7 Å². The van der Waals surface area contributed by atoms with E-state index in [0.717, 1.165) is 28.8 Å². The summed E-state index contributed by atoms with van der Waals surface area (Å²) in [6.07, 6.45) is -0.883. The van der Waals surface area contributed by atoms with Crippen molar-refractivity contribution in [3.05, 3.63) is 83.7 Å². The monoisotopic (exact) mass is 496 g/mol. The van der Waals surface area contributed by atoms with Crippen LogP contribution in [-0.2, 0) is 23.9 Å². The second kappa shape index (κ2) is 9.72. The van der Waals surface area contributed by atoms with Gasteiger partial charge in [-0.1, -0.05) is 12.1 Å². The largest absolute Gasteiger partial charge is 0.495 e. The van der Waals surface area contributed by atoms with E-state index in [1.54, 1.807) is 25.6 Å². The molecule has 2 aliphatic rings. The number of fused-ring (bicyclic) bond motifs is 3. The van der Waals surface area contributed by atoms with E-state index in [1.165, 1.54) is 6.07 Å². The smallest absolute Gasteiger partial charge is 0.416 e. The number of halogens is 3. The van der Waals surface area contributed by atoms with Crippen LogP contribution in [0.4, 0.5) is 24.5 Å². The van der Waals surface area contributed by atoms with Crippen LogP contribution in [0, 0.1) is 5.92 Å². The molecular formula is C27H27F3N4O2. The molecule has 1 amide bonds. The summed E-state index contributed by atoms with van der Waals surface area (Å²) in [5.74, 6) is 0.0581. The Morgan fingerprint density at radius 2 is 1.86 bits per heavy atom. The predicted molar refractivity (Wildman–Crippen MR) is 131 cm³/mol. The lowest BCUT2D eigenvalue weighted by Crippen LogP contribution is -2.61. The second-order valence-electron chi connectivity index (χ2n) is 9.10. The van der Waals surface area contributed by atoms with Gasteiger partial charge in [0.05, 0.1) is 30.3 Å². The fourth-order valence-corrected chi connectivity index (χ4v) is 5.23. The normalized spacial score (nSPS) is 19.3. The molecule has 9 heteroatoms. The minimum Gasteiger partial charge on any atom is -0.495 e. The number of carbonyl (C=O) groups excluding carboxylic acids is 1. The molecule has 0 unspecified atom stereocenters.